The fourth-order valence-corrected chi connectivity index (χ4v) is 4.28. The Morgan fingerprint density at radius 1 is 1.23 bits per heavy atom. The molecular formula is C21H25N5O4. The largest absolute Gasteiger partial charge is 0.469 e. The van der Waals surface area contributed by atoms with E-state index in [0.29, 0.717) is 18.6 Å². The van der Waals surface area contributed by atoms with Crippen molar-refractivity contribution in [3.8, 4) is 11.5 Å². The first-order valence-corrected chi connectivity index (χ1v) is 10.1. The van der Waals surface area contributed by atoms with Crippen LogP contribution < -0.4 is 16.6 Å². The Bertz CT molecular complexity index is 1200. The van der Waals surface area contributed by atoms with Gasteiger partial charge >= 0.3 is 11.7 Å². The summed E-state index contributed by atoms with van der Waals surface area (Å²) >= 11 is 0. The number of aromatic nitrogens is 4. The molecule has 2 N–H and O–H groups in total. The minimum absolute atomic E-state index is 0.0489. The summed E-state index contributed by atoms with van der Waals surface area (Å²) in [6, 6.07) is 3.98. The van der Waals surface area contributed by atoms with Crippen LogP contribution in [0, 0.1) is 19.8 Å². The summed E-state index contributed by atoms with van der Waals surface area (Å²) in [7, 11) is 1.41. The minimum atomic E-state index is -0.694. The summed E-state index contributed by atoms with van der Waals surface area (Å²) in [6.45, 7) is 5.01. The number of hydrogen-bond acceptors (Lipinski definition) is 7. The molecule has 0 spiro atoms. The van der Waals surface area contributed by atoms with Gasteiger partial charge in [-0.05, 0) is 49.9 Å². The zero-order valence-electron chi connectivity index (χ0n) is 17.3. The van der Waals surface area contributed by atoms with E-state index in [1.54, 1.807) is 0 Å². The third kappa shape index (κ3) is 3.60. The number of carbonyl (C=O) groups is 1. The lowest BCUT2D eigenvalue weighted by molar-refractivity contribution is -0.145. The maximum absolute atomic E-state index is 12.3. The van der Waals surface area contributed by atoms with E-state index in [4.69, 9.17) is 4.74 Å². The van der Waals surface area contributed by atoms with Gasteiger partial charge in [-0.3, -0.25) is 14.6 Å². The van der Waals surface area contributed by atoms with E-state index in [-0.39, 0.29) is 29.4 Å². The molecule has 9 nitrogen and oxygen atoms in total. The van der Waals surface area contributed by atoms with Crippen molar-refractivity contribution in [2.45, 2.75) is 45.7 Å². The number of methoxy groups -OCH3 is 1. The number of rotatable bonds is 5. The smallest absolute Gasteiger partial charge is 0.349 e. The molecule has 2 aliphatic heterocycles. The molecule has 1 aliphatic carbocycles. The van der Waals surface area contributed by atoms with Crippen LogP contribution in [-0.4, -0.2) is 45.2 Å². The molecule has 30 heavy (non-hydrogen) atoms. The van der Waals surface area contributed by atoms with Crippen LogP contribution >= 0.6 is 0 Å². The highest BCUT2D eigenvalue weighted by atomic mass is 16.5. The van der Waals surface area contributed by atoms with E-state index in [1.807, 2.05) is 30.5 Å². The van der Waals surface area contributed by atoms with Gasteiger partial charge in [0.2, 0.25) is 0 Å². The first-order chi connectivity index (χ1) is 14.4. The molecule has 0 unspecified atom stereocenters. The topological polar surface area (TPSA) is 119 Å². The summed E-state index contributed by atoms with van der Waals surface area (Å²) in [6.07, 6.45) is 2.69. The lowest BCUT2D eigenvalue weighted by atomic mass is 10.0. The quantitative estimate of drug-likeness (QED) is 0.477. The average Bonchev–Trinajstić information content (AvgIpc) is 3.17. The number of H-pyrrole nitrogens is 1. The summed E-state index contributed by atoms with van der Waals surface area (Å²) in [5.74, 6) is -0.0740. The zero-order chi connectivity index (χ0) is 21.4. The Hall–Kier alpha value is -3.07. The van der Waals surface area contributed by atoms with Gasteiger partial charge in [0, 0.05) is 19.1 Å². The van der Waals surface area contributed by atoms with Crippen molar-refractivity contribution in [1.82, 2.24) is 24.8 Å². The maximum Gasteiger partial charge on any atom is 0.349 e. The molecule has 1 fully saturated rings. The number of aryl methyl sites for hydroxylation is 2. The molecule has 1 aromatic rings. The van der Waals surface area contributed by atoms with Gasteiger partial charge in [-0.2, -0.15) is 4.98 Å². The summed E-state index contributed by atoms with van der Waals surface area (Å²) < 4.78 is 6.78. The van der Waals surface area contributed by atoms with E-state index in [1.165, 1.54) is 7.11 Å². The number of esters is 1. The Kier molecular flexibility index (Phi) is 5.38. The second kappa shape index (κ2) is 7.98. The minimum Gasteiger partial charge on any atom is -0.469 e. The van der Waals surface area contributed by atoms with Crippen molar-refractivity contribution < 1.29 is 9.53 Å². The average molecular weight is 411 g/mol. The maximum atomic E-state index is 12.3. The number of nitrogens with one attached hydrogen (secondary N) is 2. The Labute approximate surface area is 172 Å². The number of nitrogens with zero attached hydrogens (tertiary/aromatic N) is 3. The van der Waals surface area contributed by atoms with E-state index in [0.717, 1.165) is 35.9 Å². The van der Waals surface area contributed by atoms with Crippen LogP contribution in [0.15, 0.2) is 21.7 Å². The van der Waals surface area contributed by atoms with Crippen LogP contribution in [0.25, 0.3) is 22.6 Å². The molecule has 4 rings (SSSR count). The summed E-state index contributed by atoms with van der Waals surface area (Å²) in [5, 5.41) is 3.45. The number of aromatic amines is 1. The van der Waals surface area contributed by atoms with Gasteiger partial charge in [-0.25, -0.2) is 9.78 Å². The van der Waals surface area contributed by atoms with E-state index >= 15 is 0 Å². The summed E-state index contributed by atoms with van der Waals surface area (Å²) in [4.78, 5) is 46.9. The van der Waals surface area contributed by atoms with Crippen LogP contribution in [0.5, 0.6) is 0 Å². The highest BCUT2D eigenvalue weighted by molar-refractivity contribution is 5.81. The molecule has 0 aromatic heterocycles. The van der Waals surface area contributed by atoms with Crippen molar-refractivity contribution in [1.29, 1.82) is 0 Å². The highest BCUT2D eigenvalue weighted by Gasteiger charge is 2.33. The Balaban J connectivity index is 1.71. The molecule has 0 amide bonds. The van der Waals surface area contributed by atoms with Crippen molar-refractivity contribution in [3.05, 3.63) is 44.1 Å². The third-order valence-electron chi connectivity index (χ3n) is 5.99. The summed E-state index contributed by atoms with van der Waals surface area (Å²) in [5.41, 5.74) is 2.52. The molecule has 2 heterocycles. The second-order valence-electron chi connectivity index (χ2n) is 7.85. The zero-order valence-corrected chi connectivity index (χ0v) is 17.3. The van der Waals surface area contributed by atoms with Crippen molar-refractivity contribution >= 4 is 17.0 Å². The highest BCUT2D eigenvalue weighted by Crippen LogP contribution is 2.27. The predicted molar refractivity (Wildman–Crippen MR) is 112 cm³/mol. The first-order valence-electron chi connectivity index (χ1n) is 10.1. The fourth-order valence-electron chi connectivity index (χ4n) is 4.28. The van der Waals surface area contributed by atoms with Gasteiger partial charge in [0.05, 0.1) is 24.1 Å². The molecule has 2 atom stereocenters. The number of hydrogen-bond donors (Lipinski definition) is 2. The molecule has 1 saturated carbocycles. The monoisotopic (exact) mass is 411 g/mol. The van der Waals surface area contributed by atoms with Crippen molar-refractivity contribution in [2.24, 2.45) is 5.92 Å². The Morgan fingerprint density at radius 2 is 2.00 bits per heavy atom. The van der Waals surface area contributed by atoms with Crippen molar-refractivity contribution in [2.75, 3.05) is 13.7 Å². The third-order valence-corrected chi connectivity index (χ3v) is 5.99. The SMILES string of the molecule is COC(=O)[C@@H]1CCC[C@@H]1NCCn1c2nc(=O)[nH]c(=O)c-2nc2cc(C)c(C)cc21. The number of ether oxygens (including phenoxy) is 1. The van der Waals surface area contributed by atoms with Gasteiger partial charge in [0.1, 0.15) is 0 Å². The fraction of sp³-hybridized carbons (Fsp3) is 0.476. The molecule has 0 radical (unpaired) electrons. The Morgan fingerprint density at radius 3 is 2.77 bits per heavy atom. The molecule has 158 valence electrons. The van der Waals surface area contributed by atoms with Gasteiger partial charge in [0.25, 0.3) is 5.56 Å². The molecule has 3 aliphatic rings. The van der Waals surface area contributed by atoms with Crippen LogP contribution in [0.1, 0.15) is 30.4 Å². The van der Waals surface area contributed by atoms with Crippen LogP contribution in [-0.2, 0) is 16.1 Å². The lowest BCUT2D eigenvalue weighted by Crippen LogP contribution is -2.39. The van der Waals surface area contributed by atoms with Gasteiger partial charge < -0.3 is 14.6 Å². The number of carbonyl (C=O) groups excluding carboxylic acids is 1. The standard InChI is InChI=1S/C21H25N5O4/c1-11-9-15-16(10-12(11)2)26(18-17(23-15)19(27)25-21(29)24-18)8-7-22-14-6-4-5-13(14)20(28)30-3/h9-10,13-14,22H,4-8H2,1-3H3,(H,25,27,29)/t13-,14+/m1/s1. The molecule has 9 heteroatoms. The van der Waals surface area contributed by atoms with Crippen LogP contribution in [0.2, 0.25) is 0 Å². The molecule has 0 bridgehead atoms. The first kappa shape index (κ1) is 20.2. The van der Waals surface area contributed by atoms with E-state index in [2.05, 4.69) is 20.3 Å². The lowest BCUT2D eigenvalue weighted by Gasteiger charge is -2.21. The van der Waals surface area contributed by atoms with Crippen LogP contribution in [0.4, 0.5) is 0 Å². The molecular weight excluding hydrogens is 386 g/mol. The normalized spacial score (nSPS) is 18.9. The van der Waals surface area contributed by atoms with E-state index < -0.39 is 11.2 Å². The van der Waals surface area contributed by atoms with Crippen molar-refractivity contribution in [3.63, 3.8) is 0 Å². The predicted octanol–water partition coefficient (Wildman–Crippen LogP) is 1.13. The van der Waals surface area contributed by atoms with Crippen LogP contribution in [0.3, 0.4) is 0 Å². The molecule has 0 saturated heterocycles. The van der Waals surface area contributed by atoms with Gasteiger partial charge in [-0.15, -0.1) is 0 Å². The van der Waals surface area contributed by atoms with E-state index in [9.17, 15) is 14.4 Å². The molecule has 1 aromatic carbocycles. The van der Waals surface area contributed by atoms with Gasteiger partial charge in [-0.1, -0.05) is 6.42 Å². The second-order valence-corrected chi connectivity index (χ2v) is 7.85. The number of benzene rings is 1. The van der Waals surface area contributed by atoms with Gasteiger partial charge in [0.15, 0.2) is 11.5 Å². The number of fused-ring (bicyclic) bond motifs is 2.